The Bertz CT molecular complexity index is 983. The second-order valence-electron chi connectivity index (χ2n) is 6.38. The van der Waals surface area contributed by atoms with Crippen molar-refractivity contribution in [2.75, 3.05) is 33.2 Å². The van der Waals surface area contributed by atoms with Crippen molar-refractivity contribution in [3.8, 4) is 11.5 Å². The Hall–Kier alpha value is -2.82. The van der Waals surface area contributed by atoms with Crippen LogP contribution in [0.3, 0.4) is 0 Å². The van der Waals surface area contributed by atoms with Crippen LogP contribution in [0.5, 0.6) is 11.5 Å². The van der Waals surface area contributed by atoms with Crippen molar-refractivity contribution in [1.82, 2.24) is 9.21 Å². The lowest BCUT2D eigenvalue weighted by atomic mass is 10.2. The third kappa shape index (κ3) is 4.19. The minimum absolute atomic E-state index is 0.0822. The maximum absolute atomic E-state index is 12.8. The number of carbonyl (C=O) groups is 1. The van der Waals surface area contributed by atoms with Crippen LogP contribution in [-0.2, 0) is 10.0 Å². The van der Waals surface area contributed by atoms with Crippen molar-refractivity contribution in [3.05, 3.63) is 58.1 Å². The molecule has 148 valence electrons. The van der Waals surface area contributed by atoms with Crippen molar-refractivity contribution in [1.29, 1.82) is 0 Å². The topological polar surface area (TPSA) is 110 Å². The number of piperazine rings is 1. The Morgan fingerprint density at radius 1 is 1.07 bits per heavy atom. The largest absolute Gasteiger partial charge is 0.450 e. The van der Waals surface area contributed by atoms with E-state index in [1.807, 2.05) is 11.9 Å². The third-order valence-electron chi connectivity index (χ3n) is 4.47. The predicted molar refractivity (Wildman–Crippen MR) is 101 cm³/mol. The first-order valence-electron chi connectivity index (χ1n) is 8.51. The van der Waals surface area contributed by atoms with E-state index in [1.165, 1.54) is 40.7 Å². The molecule has 2 aromatic carbocycles. The molecule has 0 unspecified atom stereocenters. The molecule has 0 aliphatic carbocycles. The minimum atomic E-state index is -3.83. The van der Waals surface area contributed by atoms with Crippen LogP contribution >= 0.6 is 0 Å². The molecule has 1 saturated heterocycles. The van der Waals surface area contributed by atoms with Gasteiger partial charge in [-0.3, -0.25) is 14.9 Å². The van der Waals surface area contributed by atoms with Crippen LogP contribution in [0.2, 0.25) is 0 Å². The summed E-state index contributed by atoms with van der Waals surface area (Å²) in [6.07, 6.45) is 0.671. The highest BCUT2D eigenvalue weighted by molar-refractivity contribution is 7.89. The Morgan fingerprint density at radius 3 is 2.29 bits per heavy atom. The van der Waals surface area contributed by atoms with Crippen molar-refractivity contribution in [2.24, 2.45) is 0 Å². The number of benzene rings is 2. The molecule has 9 nitrogen and oxygen atoms in total. The zero-order chi connectivity index (χ0) is 20.3. The highest BCUT2D eigenvalue weighted by Crippen LogP contribution is 2.34. The van der Waals surface area contributed by atoms with Crippen LogP contribution in [0.15, 0.2) is 47.4 Å². The molecule has 0 aromatic heterocycles. The fraction of sp³-hybridized carbons (Fsp3) is 0.278. The second-order valence-corrected chi connectivity index (χ2v) is 8.32. The lowest BCUT2D eigenvalue weighted by Crippen LogP contribution is -2.47. The first kappa shape index (κ1) is 19.9. The van der Waals surface area contributed by atoms with E-state index in [0.717, 1.165) is 6.07 Å². The fourth-order valence-electron chi connectivity index (χ4n) is 2.81. The second kappa shape index (κ2) is 8.05. The number of ether oxygens (including phenoxy) is 1. The van der Waals surface area contributed by atoms with Crippen LogP contribution in [0, 0.1) is 10.1 Å². The van der Waals surface area contributed by atoms with Gasteiger partial charge in [0.05, 0.1) is 9.82 Å². The number of nitrogens with zero attached hydrogens (tertiary/aromatic N) is 3. The number of nitro benzene ring substituents is 1. The standard InChI is InChI=1S/C18H19N3O6S/c1-19-8-10-20(11-9-19)28(25,26)16-6-7-18(17(12-16)21(23)24)27-15-4-2-14(13-22)3-5-15/h2-7,12-13H,8-11H2,1H3. The molecule has 0 atom stereocenters. The molecule has 0 saturated carbocycles. The predicted octanol–water partition coefficient (Wildman–Crippen LogP) is 2.14. The summed E-state index contributed by atoms with van der Waals surface area (Å²) < 4.78 is 32.5. The number of likely N-dealkylation sites (N-methyl/N-ethyl adjacent to an activating group) is 1. The lowest BCUT2D eigenvalue weighted by Gasteiger charge is -2.31. The normalized spacial score (nSPS) is 15.9. The van der Waals surface area contributed by atoms with Crippen LogP contribution < -0.4 is 4.74 Å². The third-order valence-corrected chi connectivity index (χ3v) is 6.37. The summed E-state index contributed by atoms with van der Waals surface area (Å²) in [4.78, 5) is 23.4. The molecule has 1 aliphatic heterocycles. The molecule has 10 heteroatoms. The Morgan fingerprint density at radius 2 is 1.71 bits per heavy atom. The molecule has 1 heterocycles. The molecule has 0 spiro atoms. The highest BCUT2D eigenvalue weighted by Gasteiger charge is 2.30. The summed E-state index contributed by atoms with van der Waals surface area (Å²) in [5.41, 5.74) is -0.00914. The zero-order valence-electron chi connectivity index (χ0n) is 15.1. The number of nitro groups is 1. The Labute approximate surface area is 162 Å². The molecule has 0 N–H and O–H groups in total. The van der Waals surface area contributed by atoms with Gasteiger partial charge in [0.25, 0.3) is 0 Å². The van der Waals surface area contributed by atoms with Gasteiger partial charge in [-0.2, -0.15) is 4.31 Å². The van der Waals surface area contributed by atoms with Gasteiger partial charge in [0.2, 0.25) is 15.8 Å². The van der Waals surface area contributed by atoms with Crippen molar-refractivity contribution in [3.63, 3.8) is 0 Å². The maximum Gasteiger partial charge on any atom is 0.312 e. The van der Waals surface area contributed by atoms with Crippen LogP contribution in [0.4, 0.5) is 5.69 Å². The van der Waals surface area contributed by atoms with E-state index in [9.17, 15) is 23.3 Å². The Kier molecular flexibility index (Phi) is 5.73. The number of rotatable bonds is 6. The van der Waals surface area contributed by atoms with Gasteiger partial charge in [0.15, 0.2) is 0 Å². The molecule has 2 aromatic rings. The summed E-state index contributed by atoms with van der Waals surface area (Å²) in [7, 11) is -1.93. The number of aldehydes is 1. The average molecular weight is 405 g/mol. The van der Waals surface area contributed by atoms with Crippen molar-refractivity contribution in [2.45, 2.75) is 4.90 Å². The lowest BCUT2D eigenvalue weighted by molar-refractivity contribution is -0.385. The van der Waals surface area contributed by atoms with Gasteiger partial charge in [-0.05, 0) is 43.4 Å². The minimum Gasteiger partial charge on any atom is -0.450 e. The molecule has 28 heavy (non-hydrogen) atoms. The molecule has 0 bridgehead atoms. The van der Waals surface area contributed by atoms with Crippen LogP contribution in [0.25, 0.3) is 0 Å². The summed E-state index contributed by atoms with van der Waals surface area (Å²) in [6, 6.07) is 9.62. The zero-order valence-corrected chi connectivity index (χ0v) is 16.0. The van der Waals surface area contributed by atoms with Crippen molar-refractivity contribution >= 4 is 22.0 Å². The number of hydrogen-bond acceptors (Lipinski definition) is 7. The summed E-state index contributed by atoms with van der Waals surface area (Å²) >= 11 is 0. The quantitative estimate of drug-likeness (QED) is 0.411. The van der Waals surface area contributed by atoms with Gasteiger partial charge in [0, 0.05) is 37.8 Å². The van der Waals surface area contributed by atoms with Crippen molar-refractivity contribution < 1.29 is 22.9 Å². The number of hydrogen-bond donors (Lipinski definition) is 0. The van der Waals surface area contributed by atoms with Crippen LogP contribution in [0.1, 0.15) is 10.4 Å². The molecular formula is C18H19N3O6S. The number of sulfonamides is 1. The van der Waals surface area contributed by atoms with E-state index < -0.39 is 20.6 Å². The smallest absolute Gasteiger partial charge is 0.312 e. The van der Waals surface area contributed by atoms with Gasteiger partial charge < -0.3 is 9.64 Å². The molecular weight excluding hydrogens is 386 g/mol. The summed E-state index contributed by atoms with van der Waals surface area (Å²) in [6.45, 7) is 1.85. The van der Waals surface area contributed by atoms with Gasteiger partial charge in [0.1, 0.15) is 12.0 Å². The van der Waals surface area contributed by atoms with Gasteiger partial charge in [-0.25, -0.2) is 8.42 Å². The molecule has 1 aliphatic rings. The molecule has 3 rings (SSSR count). The van der Waals surface area contributed by atoms with Gasteiger partial charge >= 0.3 is 5.69 Å². The molecule has 0 amide bonds. The summed E-state index contributed by atoms with van der Waals surface area (Å²) in [5, 5.41) is 11.5. The van der Waals surface area contributed by atoms with E-state index in [2.05, 4.69) is 0 Å². The van der Waals surface area contributed by atoms with E-state index >= 15 is 0 Å². The number of carbonyl (C=O) groups excluding carboxylic acids is 1. The maximum atomic E-state index is 12.8. The fourth-order valence-corrected chi connectivity index (χ4v) is 4.25. The average Bonchev–Trinajstić information content (AvgIpc) is 2.69. The molecule has 0 radical (unpaired) electrons. The molecule has 1 fully saturated rings. The first-order valence-corrected chi connectivity index (χ1v) is 9.95. The summed E-state index contributed by atoms with van der Waals surface area (Å²) in [5.74, 6) is 0.213. The van der Waals surface area contributed by atoms with Gasteiger partial charge in [-0.1, -0.05) is 0 Å². The SMILES string of the molecule is CN1CCN(S(=O)(=O)c2ccc(Oc3ccc(C=O)cc3)c([N+](=O)[O-])c2)CC1. The van der Waals surface area contributed by atoms with E-state index in [0.29, 0.717) is 43.8 Å². The van der Waals surface area contributed by atoms with Gasteiger partial charge in [-0.15, -0.1) is 0 Å². The van der Waals surface area contributed by atoms with Crippen LogP contribution in [-0.4, -0.2) is 62.1 Å². The van der Waals surface area contributed by atoms with E-state index in [-0.39, 0.29) is 10.6 Å². The first-order chi connectivity index (χ1) is 13.3. The van der Waals surface area contributed by atoms with E-state index in [4.69, 9.17) is 4.74 Å². The Balaban J connectivity index is 1.90. The monoisotopic (exact) mass is 405 g/mol. The highest BCUT2D eigenvalue weighted by atomic mass is 32.2. The van der Waals surface area contributed by atoms with E-state index in [1.54, 1.807) is 0 Å².